The molecule has 1 fully saturated rings. The van der Waals surface area contributed by atoms with E-state index < -0.39 is 0 Å². The second-order valence-electron chi connectivity index (χ2n) is 5.83. The zero-order valence-corrected chi connectivity index (χ0v) is 14.7. The van der Waals surface area contributed by atoms with Crippen LogP contribution in [0.1, 0.15) is 12.8 Å². The molecule has 3 heterocycles. The average Bonchev–Trinajstić information content (AvgIpc) is 2.62. The summed E-state index contributed by atoms with van der Waals surface area (Å²) in [5.74, 6) is 1.88. The van der Waals surface area contributed by atoms with Gasteiger partial charge in [-0.3, -0.25) is 4.98 Å². The molecule has 3 aromatic rings. The third kappa shape index (κ3) is 3.33. The number of aromatic nitrogens is 3. The Morgan fingerprint density at radius 3 is 2.71 bits per heavy atom. The minimum absolute atomic E-state index is 0.246. The molecule has 2 aromatic heterocycles. The Kier molecular flexibility index (Phi) is 4.30. The predicted octanol–water partition coefficient (Wildman–Crippen LogP) is 3.84. The molecule has 0 spiro atoms. The molecule has 0 N–H and O–H groups in total. The lowest BCUT2D eigenvalue weighted by Crippen LogP contribution is -2.38. The van der Waals surface area contributed by atoms with E-state index in [2.05, 4.69) is 35.8 Å². The van der Waals surface area contributed by atoms with E-state index in [0.717, 1.165) is 47.5 Å². The Bertz CT molecular complexity index is 849. The maximum absolute atomic E-state index is 6.09. The fraction of sp³-hybridized carbons (Fsp3) is 0.278. The van der Waals surface area contributed by atoms with Crippen molar-refractivity contribution in [2.45, 2.75) is 18.9 Å². The second kappa shape index (κ2) is 6.73. The Morgan fingerprint density at radius 2 is 1.88 bits per heavy atom. The number of ether oxygens (including phenoxy) is 1. The predicted molar refractivity (Wildman–Crippen MR) is 97.3 cm³/mol. The molecule has 6 heteroatoms. The van der Waals surface area contributed by atoms with Crippen LogP contribution in [0.15, 0.2) is 53.3 Å². The Balaban J connectivity index is 1.41. The van der Waals surface area contributed by atoms with Gasteiger partial charge in [-0.2, -0.15) is 0 Å². The van der Waals surface area contributed by atoms with Crippen molar-refractivity contribution < 1.29 is 4.74 Å². The van der Waals surface area contributed by atoms with Crippen LogP contribution in [0.25, 0.3) is 11.2 Å². The van der Waals surface area contributed by atoms with E-state index in [1.165, 1.54) is 0 Å². The number of hydrogen-bond donors (Lipinski definition) is 0. The average molecular weight is 385 g/mol. The number of anilines is 1. The van der Waals surface area contributed by atoms with E-state index in [1.807, 2.05) is 36.4 Å². The zero-order chi connectivity index (χ0) is 16.4. The van der Waals surface area contributed by atoms with Crippen molar-refractivity contribution in [3.8, 4) is 5.75 Å². The summed E-state index contributed by atoms with van der Waals surface area (Å²) in [5.41, 5.74) is 1.52. The van der Waals surface area contributed by atoms with Crippen LogP contribution in [0.3, 0.4) is 0 Å². The molecule has 0 amide bonds. The minimum Gasteiger partial charge on any atom is -0.490 e. The highest BCUT2D eigenvalue weighted by atomic mass is 79.9. The van der Waals surface area contributed by atoms with E-state index in [9.17, 15) is 0 Å². The van der Waals surface area contributed by atoms with Crippen LogP contribution >= 0.6 is 15.9 Å². The molecule has 4 rings (SSSR count). The van der Waals surface area contributed by atoms with Crippen molar-refractivity contribution in [3.63, 3.8) is 0 Å². The SMILES string of the molecule is Brc1cccc(OC2CCN(c3ccc4nccnc4n3)CC2)c1. The molecule has 122 valence electrons. The number of hydrogen-bond acceptors (Lipinski definition) is 5. The molecule has 0 aliphatic carbocycles. The van der Waals surface area contributed by atoms with Gasteiger partial charge < -0.3 is 9.64 Å². The van der Waals surface area contributed by atoms with Crippen LogP contribution in [0, 0.1) is 0 Å². The largest absolute Gasteiger partial charge is 0.490 e. The first-order valence-electron chi connectivity index (χ1n) is 8.03. The van der Waals surface area contributed by atoms with Gasteiger partial charge in [-0.15, -0.1) is 0 Å². The quantitative estimate of drug-likeness (QED) is 0.686. The summed E-state index contributed by atoms with van der Waals surface area (Å²) >= 11 is 3.48. The van der Waals surface area contributed by atoms with Crippen LogP contribution in [-0.4, -0.2) is 34.1 Å². The lowest BCUT2D eigenvalue weighted by Gasteiger charge is -2.33. The molecule has 1 aromatic carbocycles. The molecule has 1 aliphatic heterocycles. The monoisotopic (exact) mass is 384 g/mol. The smallest absolute Gasteiger partial charge is 0.180 e. The molecule has 0 bridgehead atoms. The van der Waals surface area contributed by atoms with Gasteiger partial charge >= 0.3 is 0 Å². The third-order valence-corrected chi connectivity index (χ3v) is 4.67. The number of halogens is 1. The highest BCUT2D eigenvalue weighted by molar-refractivity contribution is 9.10. The number of rotatable bonds is 3. The summed E-state index contributed by atoms with van der Waals surface area (Å²) in [6, 6.07) is 12.0. The van der Waals surface area contributed by atoms with Crippen LogP contribution < -0.4 is 9.64 Å². The fourth-order valence-corrected chi connectivity index (χ4v) is 3.33. The first kappa shape index (κ1) is 15.3. The maximum Gasteiger partial charge on any atom is 0.180 e. The van der Waals surface area contributed by atoms with Crippen LogP contribution in [0.5, 0.6) is 5.75 Å². The Labute approximate surface area is 148 Å². The molecule has 1 aliphatic rings. The van der Waals surface area contributed by atoms with Gasteiger partial charge in [-0.25, -0.2) is 9.97 Å². The number of pyridine rings is 1. The zero-order valence-electron chi connectivity index (χ0n) is 13.1. The molecule has 0 unspecified atom stereocenters. The van der Waals surface area contributed by atoms with Gasteiger partial charge in [0.05, 0.1) is 0 Å². The van der Waals surface area contributed by atoms with E-state index in [4.69, 9.17) is 4.74 Å². The first-order valence-corrected chi connectivity index (χ1v) is 8.82. The minimum atomic E-state index is 0.246. The second-order valence-corrected chi connectivity index (χ2v) is 6.75. The topological polar surface area (TPSA) is 51.1 Å². The Hall–Kier alpha value is -2.21. The number of fused-ring (bicyclic) bond motifs is 1. The van der Waals surface area contributed by atoms with Crippen molar-refractivity contribution in [3.05, 3.63) is 53.3 Å². The lowest BCUT2D eigenvalue weighted by atomic mass is 10.1. The summed E-state index contributed by atoms with van der Waals surface area (Å²) in [6.45, 7) is 1.86. The summed E-state index contributed by atoms with van der Waals surface area (Å²) in [5, 5.41) is 0. The standard InChI is InChI=1S/C18H17BrN4O/c19-13-2-1-3-15(12-13)24-14-6-10-23(11-7-14)17-5-4-16-18(22-17)21-9-8-20-16/h1-5,8-9,12,14H,6-7,10-11H2. The van der Waals surface area contributed by atoms with Crippen molar-refractivity contribution in [1.29, 1.82) is 0 Å². The van der Waals surface area contributed by atoms with Crippen molar-refractivity contribution >= 4 is 32.9 Å². The van der Waals surface area contributed by atoms with Crippen molar-refractivity contribution in [2.75, 3.05) is 18.0 Å². The molecule has 0 saturated carbocycles. The molecule has 24 heavy (non-hydrogen) atoms. The Morgan fingerprint density at radius 1 is 1.04 bits per heavy atom. The summed E-state index contributed by atoms with van der Waals surface area (Å²) in [6.07, 6.45) is 5.57. The van der Waals surface area contributed by atoms with Crippen molar-refractivity contribution in [2.24, 2.45) is 0 Å². The summed E-state index contributed by atoms with van der Waals surface area (Å²) in [7, 11) is 0. The normalized spacial score (nSPS) is 15.6. The van der Waals surface area contributed by atoms with Gasteiger partial charge in [-0.05, 0) is 30.3 Å². The van der Waals surface area contributed by atoms with Gasteiger partial charge in [0.2, 0.25) is 0 Å². The maximum atomic E-state index is 6.09. The van der Waals surface area contributed by atoms with Gasteiger partial charge in [-0.1, -0.05) is 22.0 Å². The van der Waals surface area contributed by atoms with Gasteiger partial charge in [0.15, 0.2) is 5.65 Å². The van der Waals surface area contributed by atoms with Crippen LogP contribution in [-0.2, 0) is 0 Å². The fourth-order valence-electron chi connectivity index (χ4n) is 2.96. The van der Waals surface area contributed by atoms with Gasteiger partial charge in [0.1, 0.15) is 23.2 Å². The molecule has 0 atom stereocenters. The van der Waals surface area contributed by atoms with E-state index in [0.29, 0.717) is 5.65 Å². The van der Waals surface area contributed by atoms with Gasteiger partial charge in [0, 0.05) is 42.8 Å². The summed E-state index contributed by atoms with van der Waals surface area (Å²) in [4.78, 5) is 15.5. The van der Waals surface area contributed by atoms with E-state index >= 15 is 0 Å². The molecular formula is C18H17BrN4O. The van der Waals surface area contributed by atoms with Gasteiger partial charge in [0.25, 0.3) is 0 Å². The van der Waals surface area contributed by atoms with Crippen molar-refractivity contribution in [1.82, 2.24) is 15.0 Å². The highest BCUT2D eigenvalue weighted by Gasteiger charge is 2.21. The highest BCUT2D eigenvalue weighted by Crippen LogP contribution is 2.24. The number of benzene rings is 1. The number of piperidine rings is 1. The number of nitrogens with zero attached hydrogens (tertiary/aromatic N) is 4. The van der Waals surface area contributed by atoms with Crippen LogP contribution in [0.2, 0.25) is 0 Å². The van der Waals surface area contributed by atoms with Crippen LogP contribution in [0.4, 0.5) is 5.82 Å². The van der Waals surface area contributed by atoms with E-state index in [-0.39, 0.29) is 6.10 Å². The summed E-state index contributed by atoms with van der Waals surface area (Å²) < 4.78 is 7.13. The molecular weight excluding hydrogens is 368 g/mol. The molecule has 1 saturated heterocycles. The third-order valence-electron chi connectivity index (χ3n) is 4.18. The lowest BCUT2D eigenvalue weighted by molar-refractivity contribution is 0.170. The molecule has 5 nitrogen and oxygen atoms in total. The first-order chi connectivity index (χ1) is 11.8. The van der Waals surface area contributed by atoms with E-state index in [1.54, 1.807) is 12.4 Å². The molecule has 0 radical (unpaired) electrons.